The summed E-state index contributed by atoms with van der Waals surface area (Å²) in [7, 11) is 1.69. The highest BCUT2D eigenvalue weighted by Gasteiger charge is 2.10. The number of methoxy groups -OCH3 is 1. The molecule has 0 bridgehead atoms. The van der Waals surface area contributed by atoms with Crippen LogP contribution in [-0.2, 0) is 0 Å². The Hall–Kier alpha value is -2.29. The molecule has 2 aromatic heterocycles. The molecule has 3 heteroatoms. The number of imidazole rings is 1. The second-order valence-corrected chi connectivity index (χ2v) is 4.80. The molecule has 3 nitrogen and oxygen atoms in total. The highest BCUT2D eigenvalue weighted by molar-refractivity contribution is 5.70. The van der Waals surface area contributed by atoms with Crippen LogP contribution in [0.3, 0.4) is 0 Å². The standard InChI is InChI=1S/C16H16N2O/c1-11-4-5-15(19-3)13(8-11)14-10-18-7-6-12(2)9-16(18)17-14/h4-10H,1-3H3. The molecule has 0 unspecified atom stereocenters. The van der Waals surface area contributed by atoms with E-state index < -0.39 is 0 Å². The van der Waals surface area contributed by atoms with Gasteiger partial charge in [-0.05, 0) is 43.7 Å². The molecular formula is C16H16N2O. The minimum absolute atomic E-state index is 0.853. The van der Waals surface area contributed by atoms with Gasteiger partial charge in [0.25, 0.3) is 0 Å². The largest absolute Gasteiger partial charge is 0.496 e. The number of benzene rings is 1. The highest BCUT2D eigenvalue weighted by Crippen LogP contribution is 2.30. The van der Waals surface area contributed by atoms with Crippen LogP contribution in [0.1, 0.15) is 11.1 Å². The molecule has 0 fully saturated rings. The van der Waals surface area contributed by atoms with E-state index in [1.54, 1.807) is 7.11 Å². The van der Waals surface area contributed by atoms with E-state index in [4.69, 9.17) is 4.74 Å². The second-order valence-electron chi connectivity index (χ2n) is 4.80. The van der Waals surface area contributed by atoms with E-state index in [1.807, 2.05) is 28.9 Å². The lowest BCUT2D eigenvalue weighted by Gasteiger charge is -2.06. The molecule has 2 heterocycles. The Balaban J connectivity index is 2.21. The van der Waals surface area contributed by atoms with Crippen LogP contribution in [-0.4, -0.2) is 16.5 Å². The Morgan fingerprint density at radius 1 is 1.05 bits per heavy atom. The van der Waals surface area contributed by atoms with Crippen molar-refractivity contribution in [1.29, 1.82) is 0 Å². The first-order valence-corrected chi connectivity index (χ1v) is 6.28. The van der Waals surface area contributed by atoms with Gasteiger partial charge in [0.15, 0.2) is 0 Å². The van der Waals surface area contributed by atoms with E-state index >= 15 is 0 Å². The van der Waals surface area contributed by atoms with Crippen molar-refractivity contribution in [2.45, 2.75) is 13.8 Å². The van der Waals surface area contributed by atoms with E-state index in [0.717, 1.165) is 22.7 Å². The molecule has 3 rings (SSSR count). The van der Waals surface area contributed by atoms with Gasteiger partial charge in [0.05, 0.1) is 12.8 Å². The van der Waals surface area contributed by atoms with Crippen LogP contribution in [0.15, 0.2) is 42.7 Å². The molecule has 0 amide bonds. The third-order valence-corrected chi connectivity index (χ3v) is 3.25. The SMILES string of the molecule is COc1ccc(C)cc1-c1cn2ccc(C)cc2n1. The number of hydrogen-bond donors (Lipinski definition) is 0. The number of ether oxygens (including phenoxy) is 1. The van der Waals surface area contributed by atoms with Crippen LogP contribution in [0, 0.1) is 13.8 Å². The molecule has 3 aromatic rings. The van der Waals surface area contributed by atoms with Gasteiger partial charge in [-0.3, -0.25) is 0 Å². The first kappa shape index (κ1) is 11.8. The van der Waals surface area contributed by atoms with Gasteiger partial charge in [0, 0.05) is 18.0 Å². The molecular weight excluding hydrogens is 236 g/mol. The summed E-state index contributed by atoms with van der Waals surface area (Å²) in [6, 6.07) is 10.3. The quantitative estimate of drug-likeness (QED) is 0.696. The zero-order valence-electron chi connectivity index (χ0n) is 11.3. The van der Waals surface area contributed by atoms with E-state index in [1.165, 1.54) is 11.1 Å². The van der Waals surface area contributed by atoms with Crippen molar-refractivity contribution >= 4 is 5.65 Å². The summed E-state index contributed by atoms with van der Waals surface area (Å²) in [5.41, 5.74) is 5.33. The van der Waals surface area contributed by atoms with E-state index in [9.17, 15) is 0 Å². The zero-order chi connectivity index (χ0) is 13.4. The van der Waals surface area contributed by atoms with Crippen LogP contribution in [0.2, 0.25) is 0 Å². The summed E-state index contributed by atoms with van der Waals surface area (Å²) < 4.78 is 7.46. The summed E-state index contributed by atoms with van der Waals surface area (Å²) in [6.07, 6.45) is 4.06. The van der Waals surface area contributed by atoms with E-state index in [0.29, 0.717) is 0 Å². The van der Waals surface area contributed by atoms with Gasteiger partial charge in [0.2, 0.25) is 0 Å². The third-order valence-electron chi connectivity index (χ3n) is 3.25. The number of nitrogens with zero attached hydrogens (tertiary/aromatic N) is 2. The third kappa shape index (κ3) is 2.08. The number of pyridine rings is 1. The monoisotopic (exact) mass is 252 g/mol. The molecule has 0 atom stereocenters. The van der Waals surface area contributed by atoms with E-state index in [-0.39, 0.29) is 0 Å². The number of rotatable bonds is 2. The molecule has 0 radical (unpaired) electrons. The summed E-state index contributed by atoms with van der Waals surface area (Å²) in [5.74, 6) is 0.853. The van der Waals surface area contributed by atoms with Crippen molar-refractivity contribution in [2.75, 3.05) is 7.11 Å². The maximum Gasteiger partial charge on any atom is 0.137 e. The number of hydrogen-bond acceptors (Lipinski definition) is 2. The maximum absolute atomic E-state index is 5.43. The van der Waals surface area contributed by atoms with Gasteiger partial charge in [-0.1, -0.05) is 11.6 Å². The Kier molecular flexibility index (Phi) is 2.75. The minimum Gasteiger partial charge on any atom is -0.496 e. The van der Waals surface area contributed by atoms with Crippen LogP contribution >= 0.6 is 0 Å². The summed E-state index contributed by atoms with van der Waals surface area (Å²) in [4.78, 5) is 4.68. The minimum atomic E-state index is 0.853. The predicted molar refractivity (Wildman–Crippen MR) is 76.7 cm³/mol. The molecule has 19 heavy (non-hydrogen) atoms. The van der Waals surface area contributed by atoms with Crippen molar-refractivity contribution in [1.82, 2.24) is 9.38 Å². The fourth-order valence-corrected chi connectivity index (χ4v) is 2.24. The Morgan fingerprint density at radius 2 is 1.84 bits per heavy atom. The first-order valence-electron chi connectivity index (χ1n) is 6.28. The fraction of sp³-hybridized carbons (Fsp3) is 0.188. The highest BCUT2D eigenvalue weighted by atomic mass is 16.5. The van der Waals surface area contributed by atoms with Crippen LogP contribution in [0.25, 0.3) is 16.9 Å². The molecule has 0 aliphatic heterocycles. The topological polar surface area (TPSA) is 26.5 Å². The molecule has 0 saturated carbocycles. The van der Waals surface area contributed by atoms with Crippen molar-refractivity contribution in [3.63, 3.8) is 0 Å². The van der Waals surface area contributed by atoms with Gasteiger partial charge in [0.1, 0.15) is 11.4 Å². The lowest BCUT2D eigenvalue weighted by molar-refractivity contribution is 0.416. The first-order chi connectivity index (χ1) is 9.17. The van der Waals surface area contributed by atoms with Gasteiger partial charge in [-0.2, -0.15) is 0 Å². The summed E-state index contributed by atoms with van der Waals surface area (Å²) in [6.45, 7) is 4.14. The molecule has 0 N–H and O–H groups in total. The van der Waals surface area contributed by atoms with Crippen molar-refractivity contribution in [2.24, 2.45) is 0 Å². The molecule has 0 aliphatic carbocycles. The second kappa shape index (κ2) is 4.43. The average molecular weight is 252 g/mol. The number of aromatic nitrogens is 2. The Labute approximate surface area is 112 Å². The van der Waals surface area contributed by atoms with Crippen molar-refractivity contribution in [3.05, 3.63) is 53.9 Å². The van der Waals surface area contributed by atoms with Crippen LogP contribution < -0.4 is 4.74 Å². The van der Waals surface area contributed by atoms with Crippen molar-refractivity contribution in [3.8, 4) is 17.0 Å². The molecule has 0 saturated heterocycles. The Morgan fingerprint density at radius 3 is 2.63 bits per heavy atom. The van der Waals surface area contributed by atoms with Crippen molar-refractivity contribution < 1.29 is 4.74 Å². The fourth-order valence-electron chi connectivity index (χ4n) is 2.24. The van der Waals surface area contributed by atoms with Crippen LogP contribution in [0.5, 0.6) is 5.75 Å². The smallest absolute Gasteiger partial charge is 0.137 e. The summed E-state index contributed by atoms with van der Waals surface area (Å²) >= 11 is 0. The van der Waals surface area contributed by atoms with Gasteiger partial charge < -0.3 is 9.14 Å². The number of fused-ring (bicyclic) bond motifs is 1. The van der Waals surface area contributed by atoms with Crippen LogP contribution in [0.4, 0.5) is 0 Å². The average Bonchev–Trinajstić information content (AvgIpc) is 2.81. The normalized spacial score (nSPS) is 10.9. The molecule has 1 aromatic carbocycles. The Bertz CT molecular complexity index is 744. The maximum atomic E-state index is 5.43. The lowest BCUT2D eigenvalue weighted by Crippen LogP contribution is -1.88. The predicted octanol–water partition coefficient (Wildman–Crippen LogP) is 3.63. The zero-order valence-corrected chi connectivity index (χ0v) is 11.3. The van der Waals surface area contributed by atoms with Gasteiger partial charge >= 0.3 is 0 Å². The molecule has 0 spiro atoms. The molecule has 96 valence electrons. The van der Waals surface area contributed by atoms with Gasteiger partial charge in [-0.15, -0.1) is 0 Å². The molecule has 0 aliphatic rings. The summed E-state index contributed by atoms with van der Waals surface area (Å²) in [5, 5.41) is 0. The van der Waals surface area contributed by atoms with Gasteiger partial charge in [-0.25, -0.2) is 4.98 Å². The van der Waals surface area contributed by atoms with E-state index in [2.05, 4.69) is 37.0 Å². The lowest BCUT2D eigenvalue weighted by atomic mass is 10.1. The number of aryl methyl sites for hydroxylation is 2.